The molecule has 0 heterocycles. The first-order chi connectivity index (χ1) is 15.6. The molecule has 3 aliphatic rings. The molecule has 0 spiro atoms. The number of hydrogen-bond acceptors (Lipinski definition) is 6. The quantitative estimate of drug-likeness (QED) is 0.495. The Balaban J connectivity index is 1.19. The Kier molecular flexibility index (Phi) is 8.22. The molecule has 0 saturated heterocycles. The first-order valence-corrected chi connectivity index (χ1v) is 12.3. The summed E-state index contributed by atoms with van der Waals surface area (Å²) >= 11 is 0. The van der Waals surface area contributed by atoms with E-state index in [0.717, 1.165) is 37.9 Å². The van der Waals surface area contributed by atoms with Crippen molar-refractivity contribution >= 4 is 5.78 Å². The van der Waals surface area contributed by atoms with Gasteiger partial charge in [-0.1, -0.05) is 13.0 Å². The molecular formula is C26H38O6. The third-order valence-electron chi connectivity index (χ3n) is 7.88. The van der Waals surface area contributed by atoms with Gasteiger partial charge in [0.25, 0.3) is 0 Å². The van der Waals surface area contributed by atoms with Gasteiger partial charge in [0.15, 0.2) is 0 Å². The molecule has 4 atom stereocenters. The van der Waals surface area contributed by atoms with E-state index in [1.807, 2.05) is 0 Å². The van der Waals surface area contributed by atoms with Crippen molar-refractivity contribution in [2.45, 2.75) is 51.4 Å². The zero-order valence-electron chi connectivity index (χ0n) is 19.4. The zero-order chi connectivity index (χ0) is 22.4. The molecule has 2 saturated carbocycles. The van der Waals surface area contributed by atoms with E-state index in [0.29, 0.717) is 69.8 Å². The molecule has 0 bridgehead atoms. The van der Waals surface area contributed by atoms with Crippen molar-refractivity contribution in [1.82, 2.24) is 0 Å². The van der Waals surface area contributed by atoms with Gasteiger partial charge < -0.3 is 24.1 Å². The summed E-state index contributed by atoms with van der Waals surface area (Å²) < 4.78 is 22.0. The van der Waals surface area contributed by atoms with E-state index >= 15 is 0 Å². The van der Waals surface area contributed by atoms with Crippen molar-refractivity contribution in [2.75, 3.05) is 52.9 Å². The largest absolute Gasteiger partial charge is 0.491 e. The molecule has 1 aromatic carbocycles. The zero-order valence-corrected chi connectivity index (χ0v) is 19.4. The van der Waals surface area contributed by atoms with Crippen molar-refractivity contribution in [1.29, 1.82) is 0 Å². The third kappa shape index (κ3) is 5.19. The molecule has 1 aromatic rings. The van der Waals surface area contributed by atoms with Gasteiger partial charge in [-0.3, -0.25) is 4.79 Å². The molecule has 1 N–H and O–H groups in total. The van der Waals surface area contributed by atoms with Crippen molar-refractivity contribution in [3.05, 3.63) is 29.3 Å². The molecule has 0 radical (unpaired) electrons. The van der Waals surface area contributed by atoms with Crippen molar-refractivity contribution in [3.63, 3.8) is 0 Å². The van der Waals surface area contributed by atoms with Gasteiger partial charge in [-0.2, -0.15) is 0 Å². The van der Waals surface area contributed by atoms with Crippen molar-refractivity contribution in [3.8, 4) is 5.75 Å². The van der Waals surface area contributed by atoms with E-state index in [4.69, 9.17) is 24.1 Å². The molecule has 2 fully saturated rings. The van der Waals surface area contributed by atoms with E-state index in [2.05, 4.69) is 25.1 Å². The molecule has 6 heteroatoms. The summed E-state index contributed by atoms with van der Waals surface area (Å²) in [5.41, 5.74) is 2.86. The van der Waals surface area contributed by atoms with E-state index in [1.165, 1.54) is 17.5 Å². The van der Waals surface area contributed by atoms with Gasteiger partial charge in [-0.25, -0.2) is 0 Å². The van der Waals surface area contributed by atoms with Crippen LogP contribution in [0.25, 0.3) is 0 Å². The van der Waals surface area contributed by atoms with Gasteiger partial charge in [0, 0.05) is 11.8 Å². The summed E-state index contributed by atoms with van der Waals surface area (Å²) in [4.78, 5) is 12.5. The second kappa shape index (κ2) is 11.1. The average molecular weight is 447 g/mol. The van der Waals surface area contributed by atoms with Crippen LogP contribution < -0.4 is 4.74 Å². The third-order valence-corrected chi connectivity index (χ3v) is 7.88. The molecular weight excluding hydrogens is 408 g/mol. The number of rotatable bonds is 12. The summed E-state index contributed by atoms with van der Waals surface area (Å²) in [6, 6.07) is 6.59. The number of fused-ring (bicyclic) bond motifs is 5. The molecule has 4 rings (SSSR count). The number of carbonyl (C=O) groups excluding carboxylic acids is 1. The Labute approximate surface area is 191 Å². The number of hydrogen-bond donors (Lipinski definition) is 1. The summed E-state index contributed by atoms with van der Waals surface area (Å²) in [6.07, 6.45) is 6.35. The number of aliphatic hydroxyl groups is 1. The van der Waals surface area contributed by atoms with E-state index in [9.17, 15) is 4.79 Å². The van der Waals surface area contributed by atoms with E-state index < -0.39 is 0 Å². The Bertz CT molecular complexity index is 765. The van der Waals surface area contributed by atoms with Crippen LogP contribution in [-0.2, 0) is 25.4 Å². The van der Waals surface area contributed by atoms with Gasteiger partial charge in [-0.15, -0.1) is 0 Å². The standard InChI is InChI=1S/C26H38O6/c1-26-9-8-22-21-5-3-20(32-17-16-31-15-14-30-13-12-29-11-10-27)18-19(21)2-4-23(22)24(26)6-7-25(26)28/h3,5,18,22-24,27H,2,4,6-17H2,1H3/t22-,23-,24+,26+/m1/s1. The summed E-state index contributed by atoms with van der Waals surface area (Å²) in [5, 5.41) is 8.61. The van der Waals surface area contributed by atoms with Crippen LogP contribution in [0.2, 0.25) is 0 Å². The highest BCUT2D eigenvalue weighted by Gasteiger charge is 2.54. The predicted molar refractivity (Wildman–Crippen MR) is 121 cm³/mol. The highest BCUT2D eigenvalue weighted by molar-refractivity contribution is 5.87. The lowest BCUT2D eigenvalue weighted by molar-refractivity contribution is -0.129. The van der Waals surface area contributed by atoms with Crippen molar-refractivity contribution in [2.24, 2.45) is 17.3 Å². The number of Topliss-reactive ketones (excluding diaryl/α,β-unsaturated/α-hetero) is 1. The maximum Gasteiger partial charge on any atom is 0.139 e. The molecule has 0 amide bonds. The number of aryl methyl sites for hydroxylation is 1. The van der Waals surface area contributed by atoms with Gasteiger partial charge >= 0.3 is 0 Å². The van der Waals surface area contributed by atoms with E-state index in [-0.39, 0.29) is 12.0 Å². The molecule has 178 valence electrons. The second-order valence-electron chi connectivity index (χ2n) is 9.60. The second-order valence-corrected chi connectivity index (χ2v) is 9.60. The van der Waals surface area contributed by atoms with Crippen LogP contribution in [0.3, 0.4) is 0 Å². The normalized spacial score (nSPS) is 28.8. The molecule has 32 heavy (non-hydrogen) atoms. The van der Waals surface area contributed by atoms with Gasteiger partial charge in [0.2, 0.25) is 0 Å². The molecule has 0 unspecified atom stereocenters. The lowest BCUT2D eigenvalue weighted by atomic mass is 9.55. The number of ether oxygens (including phenoxy) is 4. The van der Waals surface area contributed by atoms with E-state index in [1.54, 1.807) is 0 Å². The fraction of sp³-hybridized carbons (Fsp3) is 0.731. The Morgan fingerprint density at radius 1 is 0.938 bits per heavy atom. The van der Waals surface area contributed by atoms with Crippen LogP contribution in [0.1, 0.15) is 56.1 Å². The SMILES string of the molecule is C[C@]12CC[C@@H]3c4ccc(OCCOCCOCCOCCO)cc4CC[C@H]3[C@@H]1CCC2=O. The minimum atomic E-state index is -0.0551. The number of aliphatic hydroxyl groups excluding tert-OH is 1. The van der Waals surface area contributed by atoms with Gasteiger partial charge in [-0.05, 0) is 73.1 Å². The molecule has 0 aliphatic heterocycles. The smallest absolute Gasteiger partial charge is 0.139 e. The summed E-state index contributed by atoms with van der Waals surface area (Å²) in [5.74, 6) is 3.27. The highest BCUT2D eigenvalue weighted by atomic mass is 16.6. The lowest BCUT2D eigenvalue weighted by Crippen LogP contribution is -2.42. The first-order valence-electron chi connectivity index (χ1n) is 12.3. The average Bonchev–Trinajstić information content (AvgIpc) is 3.11. The Hall–Kier alpha value is -1.47. The topological polar surface area (TPSA) is 74.2 Å². The maximum atomic E-state index is 12.5. The number of benzene rings is 1. The van der Waals surface area contributed by atoms with Gasteiger partial charge in [0.05, 0.1) is 46.2 Å². The van der Waals surface area contributed by atoms with Crippen LogP contribution >= 0.6 is 0 Å². The van der Waals surface area contributed by atoms with Crippen molar-refractivity contribution < 1.29 is 28.8 Å². The fourth-order valence-corrected chi connectivity index (χ4v) is 6.24. The van der Waals surface area contributed by atoms with Crippen LogP contribution in [0.15, 0.2) is 18.2 Å². The highest BCUT2D eigenvalue weighted by Crippen LogP contribution is 2.59. The minimum Gasteiger partial charge on any atom is -0.491 e. The number of carbonyl (C=O) groups is 1. The predicted octanol–water partition coefficient (Wildman–Crippen LogP) is 3.53. The number of ketones is 1. The summed E-state index contributed by atoms with van der Waals surface area (Å²) in [7, 11) is 0. The first kappa shape index (κ1) is 23.7. The van der Waals surface area contributed by atoms with Crippen LogP contribution in [0.5, 0.6) is 5.75 Å². The van der Waals surface area contributed by atoms with Gasteiger partial charge in [0.1, 0.15) is 18.1 Å². The Morgan fingerprint density at radius 3 is 2.41 bits per heavy atom. The molecule has 6 nitrogen and oxygen atoms in total. The molecule has 3 aliphatic carbocycles. The summed E-state index contributed by atoms with van der Waals surface area (Å²) in [6.45, 7) is 5.72. The van der Waals surface area contributed by atoms with Crippen LogP contribution in [0.4, 0.5) is 0 Å². The monoisotopic (exact) mass is 446 g/mol. The lowest BCUT2D eigenvalue weighted by Gasteiger charge is -2.48. The molecule has 0 aromatic heterocycles. The minimum absolute atomic E-state index is 0.0382. The Morgan fingerprint density at radius 2 is 1.66 bits per heavy atom. The maximum absolute atomic E-state index is 12.5. The van der Waals surface area contributed by atoms with Crippen LogP contribution in [0, 0.1) is 17.3 Å². The van der Waals surface area contributed by atoms with Crippen LogP contribution in [-0.4, -0.2) is 63.7 Å². The fourth-order valence-electron chi connectivity index (χ4n) is 6.24.